The highest BCUT2D eigenvalue weighted by Gasteiger charge is 2.11. The molecule has 0 saturated carbocycles. The molecule has 0 amide bonds. The van der Waals surface area contributed by atoms with Crippen molar-refractivity contribution in [3.05, 3.63) is 54.1 Å². The van der Waals surface area contributed by atoms with E-state index in [4.69, 9.17) is 10.5 Å². The summed E-state index contributed by atoms with van der Waals surface area (Å²) in [6.45, 7) is 2.14. The fourth-order valence-electron chi connectivity index (χ4n) is 2.28. The summed E-state index contributed by atoms with van der Waals surface area (Å²) in [5.74, 6) is 0.0904. The van der Waals surface area contributed by atoms with Gasteiger partial charge in [-0.2, -0.15) is 0 Å². The van der Waals surface area contributed by atoms with E-state index in [0.29, 0.717) is 18.1 Å². The van der Waals surface area contributed by atoms with Crippen molar-refractivity contribution in [1.82, 2.24) is 9.55 Å². The van der Waals surface area contributed by atoms with Crippen molar-refractivity contribution < 1.29 is 9.53 Å². The minimum absolute atomic E-state index is 0.326. The van der Waals surface area contributed by atoms with Gasteiger partial charge in [-0.15, -0.1) is 0 Å². The predicted molar refractivity (Wildman–Crippen MR) is 81.4 cm³/mol. The third-order valence-corrected chi connectivity index (χ3v) is 3.22. The number of fused-ring (bicyclic) bond motifs is 1. The summed E-state index contributed by atoms with van der Waals surface area (Å²) in [6.07, 6.45) is 0. The molecule has 3 rings (SSSR count). The number of rotatable bonds is 3. The Labute approximate surface area is 122 Å². The second-order valence-corrected chi connectivity index (χ2v) is 4.56. The van der Waals surface area contributed by atoms with Gasteiger partial charge in [0.15, 0.2) is 0 Å². The van der Waals surface area contributed by atoms with Gasteiger partial charge >= 0.3 is 5.97 Å². The van der Waals surface area contributed by atoms with E-state index in [1.165, 1.54) is 0 Å². The molecule has 2 N–H and O–H groups in total. The van der Waals surface area contributed by atoms with Gasteiger partial charge in [0.05, 0.1) is 23.2 Å². The van der Waals surface area contributed by atoms with E-state index in [1.54, 1.807) is 19.1 Å². The van der Waals surface area contributed by atoms with Crippen LogP contribution in [0.15, 0.2) is 48.5 Å². The number of nitrogen functional groups attached to an aromatic ring is 1. The maximum Gasteiger partial charge on any atom is 0.338 e. The van der Waals surface area contributed by atoms with Gasteiger partial charge in [0.1, 0.15) is 0 Å². The summed E-state index contributed by atoms with van der Waals surface area (Å²) >= 11 is 0. The number of esters is 1. The second kappa shape index (κ2) is 5.28. The number of anilines is 1. The van der Waals surface area contributed by atoms with Crippen LogP contribution in [0.3, 0.4) is 0 Å². The van der Waals surface area contributed by atoms with Gasteiger partial charge in [0, 0.05) is 5.69 Å². The minimum Gasteiger partial charge on any atom is -0.462 e. The first-order valence-electron chi connectivity index (χ1n) is 6.71. The van der Waals surface area contributed by atoms with Crippen LogP contribution in [-0.4, -0.2) is 22.1 Å². The fourth-order valence-corrected chi connectivity index (χ4v) is 2.28. The zero-order valence-electron chi connectivity index (χ0n) is 11.6. The maximum absolute atomic E-state index is 11.7. The predicted octanol–water partition coefficient (Wildman–Crippen LogP) is 2.78. The Balaban J connectivity index is 2.03. The van der Waals surface area contributed by atoms with Crippen LogP contribution < -0.4 is 5.73 Å². The molecule has 0 atom stereocenters. The minimum atomic E-state index is -0.326. The molecule has 5 heteroatoms. The molecular formula is C16H15N3O2. The van der Waals surface area contributed by atoms with Gasteiger partial charge in [0.2, 0.25) is 5.95 Å². The third-order valence-electron chi connectivity index (χ3n) is 3.22. The standard InChI is InChI=1S/C16H15N3O2/c1-2-21-15(20)11-7-9-12(10-8-11)19-14-6-4-3-5-13(14)18-16(19)17/h3-10H,2H2,1H3,(H2,17,18). The van der Waals surface area contributed by atoms with E-state index in [2.05, 4.69) is 4.98 Å². The summed E-state index contributed by atoms with van der Waals surface area (Å²) in [5.41, 5.74) is 9.13. The number of imidazole rings is 1. The Morgan fingerprint density at radius 2 is 1.90 bits per heavy atom. The second-order valence-electron chi connectivity index (χ2n) is 4.56. The lowest BCUT2D eigenvalue weighted by Crippen LogP contribution is -2.05. The molecule has 2 aromatic carbocycles. The van der Waals surface area contributed by atoms with E-state index >= 15 is 0 Å². The number of carbonyl (C=O) groups is 1. The number of nitrogens with two attached hydrogens (primary N) is 1. The number of hydrogen-bond donors (Lipinski definition) is 1. The lowest BCUT2D eigenvalue weighted by Gasteiger charge is -2.07. The highest BCUT2D eigenvalue weighted by molar-refractivity contribution is 5.89. The largest absolute Gasteiger partial charge is 0.462 e. The van der Waals surface area contributed by atoms with E-state index in [1.807, 2.05) is 41.0 Å². The van der Waals surface area contributed by atoms with Gasteiger partial charge in [0.25, 0.3) is 0 Å². The average molecular weight is 281 g/mol. The number of nitrogens with zero attached hydrogens (tertiary/aromatic N) is 2. The zero-order valence-corrected chi connectivity index (χ0v) is 11.6. The van der Waals surface area contributed by atoms with Gasteiger partial charge < -0.3 is 10.5 Å². The van der Waals surface area contributed by atoms with Crippen molar-refractivity contribution in [2.45, 2.75) is 6.92 Å². The molecular weight excluding hydrogens is 266 g/mol. The van der Waals surface area contributed by atoms with Gasteiger partial charge in [-0.1, -0.05) is 12.1 Å². The van der Waals surface area contributed by atoms with Crippen LogP contribution in [0.5, 0.6) is 0 Å². The van der Waals surface area contributed by atoms with Crippen LogP contribution in [0.4, 0.5) is 5.95 Å². The quantitative estimate of drug-likeness (QED) is 0.749. The topological polar surface area (TPSA) is 70.1 Å². The van der Waals surface area contributed by atoms with E-state index < -0.39 is 0 Å². The highest BCUT2D eigenvalue weighted by atomic mass is 16.5. The lowest BCUT2D eigenvalue weighted by molar-refractivity contribution is 0.0526. The molecule has 1 heterocycles. The van der Waals surface area contributed by atoms with E-state index in [9.17, 15) is 4.79 Å². The molecule has 0 aliphatic heterocycles. The molecule has 0 spiro atoms. The van der Waals surface area contributed by atoms with Gasteiger partial charge in [-0.25, -0.2) is 9.78 Å². The molecule has 21 heavy (non-hydrogen) atoms. The first-order valence-corrected chi connectivity index (χ1v) is 6.71. The molecule has 106 valence electrons. The first-order chi connectivity index (χ1) is 10.2. The van der Waals surface area contributed by atoms with Crippen LogP contribution in [0.25, 0.3) is 16.7 Å². The number of ether oxygens (including phenoxy) is 1. The first kappa shape index (κ1) is 13.2. The average Bonchev–Trinajstić information content (AvgIpc) is 2.83. The Morgan fingerprint density at radius 3 is 2.62 bits per heavy atom. The molecule has 0 unspecified atom stereocenters. The Hall–Kier alpha value is -2.82. The molecule has 5 nitrogen and oxygen atoms in total. The van der Waals surface area contributed by atoms with Crippen molar-refractivity contribution in [3.63, 3.8) is 0 Å². The van der Waals surface area contributed by atoms with E-state index in [-0.39, 0.29) is 5.97 Å². The summed E-state index contributed by atoms with van der Waals surface area (Å²) in [7, 11) is 0. The van der Waals surface area contributed by atoms with Crippen LogP contribution >= 0.6 is 0 Å². The van der Waals surface area contributed by atoms with Crippen molar-refractivity contribution in [3.8, 4) is 5.69 Å². The van der Waals surface area contributed by atoms with Crippen LogP contribution in [0, 0.1) is 0 Å². The van der Waals surface area contributed by atoms with Crippen LogP contribution in [0.2, 0.25) is 0 Å². The van der Waals surface area contributed by atoms with Crippen molar-refractivity contribution in [2.75, 3.05) is 12.3 Å². The summed E-state index contributed by atoms with van der Waals surface area (Å²) in [4.78, 5) is 16.0. The molecule has 0 saturated heterocycles. The Bertz CT molecular complexity index is 791. The molecule has 0 bridgehead atoms. The normalized spacial score (nSPS) is 10.7. The molecule has 3 aromatic rings. The van der Waals surface area contributed by atoms with Crippen LogP contribution in [0.1, 0.15) is 17.3 Å². The molecule has 0 aliphatic rings. The van der Waals surface area contributed by atoms with Crippen molar-refractivity contribution >= 4 is 23.0 Å². The SMILES string of the molecule is CCOC(=O)c1ccc(-n2c(N)nc3ccccc32)cc1. The number of hydrogen-bond acceptors (Lipinski definition) is 4. The summed E-state index contributed by atoms with van der Waals surface area (Å²) in [6, 6.07) is 14.8. The lowest BCUT2D eigenvalue weighted by atomic mass is 10.2. The highest BCUT2D eigenvalue weighted by Crippen LogP contribution is 2.23. The van der Waals surface area contributed by atoms with Gasteiger partial charge in [-0.3, -0.25) is 4.57 Å². The number of para-hydroxylation sites is 2. The third kappa shape index (κ3) is 2.33. The monoisotopic (exact) mass is 281 g/mol. The number of benzene rings is 2. The Kier molecular flexibility index (Phi) is 3.31. The zero-order chi connectivity index (χ0) is 14.8. The summed E-state index contributed by atoms with van der Waals surface area (Å²) in [5, 5.41) is 0. The maximum atomic E-state index is 11.7. The van der Waals surface area contributed by atoms with Gasteiger partial charge in [-0.05, 0) is 43.3 Å². The van der Waals surface area contributed by atoms with Crippen molar-refractivity contribution in [1.29, 1.82) is 0 Å². The van der Waals surface area contributed by atoms with Crippen LogP contribution in [-0.2, 0) is 4.74 Å². The molecule has 1 aromatic heterocycles. The number of aromatic nitrogens is 2. The van der Waals surface area contributed by atoms with E-state index in [0.717, 1.165) is 16.7 Å². The molecule has 0 radical (unpaired) electrons. The smallest absolute Gasteiger partial charge is 0.338 e. The Morgan fingerprint density at radius 1 is 1.19 bits per heavy atom. The fraction of sp³-hybridized carbons (Fsp3) is 0.125. The number of carbonyl (C=O) groups excluding carboxylic acids is 1. The molecule has 0 aliphatic carbocycles. The van der Waals surface area contributed by atoms with Crippen molar-refractivity contribution in [2.24, 2.45) is 0 Å². The molecule has 0 fully saturated rings. The summed E-state index contributed by atoms with van der Waals surface area (Å²) < 4.78 is 6.82.